The van der Waals surface area contributed by atoms with Crippen LogP contribution in [0.4, 0.5) is 4.79 Å². The summed E-state index contributed by atoms with van der Waals surface area (Å²) in [6, 6.07) is 3.98. The molecular weight excluding hydrogens is 315 g/mol. The molecule has 1 aliphatic rings. The molecule has 1 unspecified atom stereocenters. The maximum absolute atomic E-state index is 11.9. The van der Waals surface area contributed by atoms with E-state index in [0.717, 1.165) is 0 Å². The van der Waals surface area contributed by atoms with Crippen LogP contribution in [-0.2, 0) is 9.53 Å². The Morgan fingerprint density at radius 1 is 1.38 bits per heavy atom. The Balaban J connectivity index is 2.44. The van der Waals surface area contributed by atoms with Crippen molar-refractivity contribution in [1.82, 2.24) is 10.6 Å². The van der Waals surface area contributed by atoms with Crippen LogP contribution >= 0.6 is 23.2 Å². The number of hydrogen-bond donors (Lipinski definition) is 2. The minimum absolute atomic E-state index is 0.136. The van der Waals surface area contributed by atoms with E-state index in [0.29, 0.717) is 21.2 Å². The molecule has 0 saturated heterocycles. The predicted octanol–water partition coefficient (Wildman–Crippen LogP) is 3.18. The molecule has 1 aliphatic heterocycles. The molecule has 21 heavy (non-hydrogen) atoms. The van der Waals surface area contributed by atoms with E-state index in [2.05, 4.69) is 10.6 Å². The first-order valence-electron chi connectivity index (χ1n) is 6.34. The zero-order valence-electron chi connectivity index (χ0n) is 11.5. The van der Waals surface area contributed by atoms with E-state index in [-0.39, 0.29) is 12.3 Å². The van der Waals surface area contributed by atoms with E-state index < -0.39 is 18.0 Å². The van der Waals surface area contributed by atoms with Gasteiger partial charge in [-0.05, 0) is 37.1 Å². The zero-order chi connectivity index (χ0) is 15.6. The fourth-order valence-corrected chi connectivity index (χ4v) is 2.61. The fourth-order valence-electron chi connectivity index (χ4n) is 2.09. The molecule has 112 valence electrons. The van der Waals surface area contributed by atoms with Gasteiger partial charge in [0.05, 0.1) is 12.6 Å². The summed E-state index contributed by atoms with van der Waals surface area (Å²) in [7, 11) is 0. The van der Waals surface area contributed by atoms with Gasteiger partial charge in [0.1, 0.15) is 5.70 Å². The van der Waals surface area contributed by atoms with Crippen LogP contribution < -0.4 is 10.6 Å². The molecule has 0 aromatic heterocycles. The standard InChI is InChI=1S/C14H14Cl2N2O3/c1-3-21-13(19)12-7(2)11(17-14(20)18-12)9-5-4-8(15)6-10(9)16/h4-6,11H,3H2,1-2H3,(H2,17,18,20). The van der Waals surface area contributed by atoms with Crippen LogP contribution in [0.2, 0.25) is 10.0 Å². The van der Waals surface area contributed by atoms with Crippen molar-refractivity contribution in [1.29, 1.82) is 0 Å². The predicted molar refractivity (Wildman–Crippen MR) is 80.2 cm³/mol. The van der Waals surface area contributed by atoms with E-state index >= 15 is 0 Å². The Kier molecular flexibility index (Phi) is 4.75. The van der Waals surface area contributed by atoms with Crippen molar-refractivity contribution in [3.05, 3.63) is 45.1 Å². The van der Waals surface area contributed by atoms with E-state index in [1.807, 2.05) is 0 Å². The van der Waals surface area contributed by atoms with Crippen molar-refractivity contribution in [2.45, 2.75) is 19.9 Å². The van der Waals surface area contributed by atoms with Crippen LogP contribution in [0.3, 0.4) is 0 Å². The van der Waals surface area contributed by atoms with E-state index in [1.165, 1.54) is 0 Å². The molecule has 0 bridgehead atoms. The Bertz CT molecular complexity index is 629. The fraction of sp³-hybridized carbons (Fsp3) is 0.286. The third kappa shape index (κ3) is 3.31. The minimum atomic E-state index is -0.570. The lowest BCUT2D eigenvalue weighted by atomic mass is 9.96. The van der Waals surface area contributed by atoms with E-state index in [4.69, 9.17) is 27.9 Å². The largest absolute Gasteiger partial charge is 0.461 e. The number of rotatable bonds is 3. The molecule has 2 N–H and O–H groups in total. The van der Waals surface area contributed by atoms with Crippen LogP contribution in [0.1, 0.15) is 25.5 Å². The second kappa shape index (κ2) is 6.37. The molecule has 5 nitrogen and oxygen atoms in total. The molecule has 1 aromatic rings. The molecule has 0 fully saturated rings. The van der Waals surface area contributed by atoms with Gasteiger partial charge in [-0.3, -0.25) is 0 Å². The van der Waals surface area contributed by atoms with Gasteiger partial charge in [0.2, 0.25) is 0 Å². The molecule has 0 spiro atoms. The van der Waals surface area contributed by atoms with Crippen LogP contribution in [-0.4, -0.2) is 18.6 Å². The smallest absolute Gasteiger partial charge is 0.354 e. The quantitative estimate of drug-likeness (QED) is 0.837. The van der Waals surface area contributed by atoms with Crippen LogP contribution in [0.25, 0.3) is 0 Å². The van der Waals surface area contributed by atoms with Gasteiger partial charge in [0.15, 0.2) is 0 Å². The lowest BCUT2D eigenvalue weighted by molar-refractivity contribution is -0.139. The Labute approximate surface area is 132 Å². The van der Waals surface area contributed by atoms with Crippen LogP contribution in [0.5, 0.6) is 0 Å². The minimum Gasteiger partial charge on any atom is -0.461 e. The van der Waals surface area contributed by atoms with Crippen molar-refractivity contribution in [3.63, 3.8) is 0 Å². The number of carbonyl (C=O) groups is 2. The number of benzene rings is 1. The third-order valence-electron chi connectivity index (χ3n) is 3.09. The first kappa shape index (κ1) is 15.7. The average molecular weight is 329 g/mol. The van der Waals surface area contributed by atoms with Gasteiger partial charge in [-0.15, -0.1) is 0 Å². The third-order valence-corrected chi connectivity index (χ3v) is 3.66. The summed E-state index contributed by atoms with van der Waals surface area (Å²) < 4.78 is 4.94. The van der Waals surface area contributed by atoms with Crippen molar-refractivity contribution in [2.24, 2.45) is 0 Å². The molecule has 2 amide bonds. The molecule has 2 rings (SSSR count). The summed E-state index contributed by atoms with van der Waals surface area (Å²) in [5, 5.41) is 6.10. The van der Waals surface area contributed by atoms with Gasteiger partial charge >= 0.3 is 12.0 Å². The number of halogens is 2. The van der Waals surface area contributed by atoms with E-state index in [9.17, 15) is 9.59 Å². The van der Waals surface area contributed by atoms with E-state index in [1.54, 1.807) is 32.0 Å². The van der Waals surface area contributed by atoms with Gasteiger partial charge in [-0.25, -0.2) is 9.59 Å². The molecule has 0 saturated carbocycles. The number of esters is 1. The normalized spacial score (nSPS) is 18.1. The summed E-state index contributed by atoms with van der Waals surface area (Å²) in [4.78, 5) is 23.6. The summed E-state index contributed by atoms with van der Waals surface area (Å²) in [5.41, 5.74) is 1.42. The monoisotopic (exact) mass is 328 g/mol. The molecule has 0 radical (unpaired) electrons. The van der Waals surface area contributed by atoms with Crippen LogP contribution in [0.15, 0.2) is 29.5 Å². The Morgan fingerprint density at radius 3 is 2.71 bits per heavy atom. The highest BCUT2D eigenvalue weighted by molar-refractivity contribution is 6.35. The number of urea groups is 1. The van der Waals surface area contributed by atoms with Crippen molar-refractivity contribution in [2.75, 3.05) is 6.61 Å². The summed E-state index contributed by atoms with van der Waals surface area (Å²) in [6.07, 6.45) is 0. The SMILES string of the molecule is CCOC(=O)C1=C(C)C(c2ccc(Cl)cc2Cl)NC(=O)N1. The molecule has 7 heteroatoms. The summed E-state index contributed by atoms with van der Waals surface area (Å²) in [6.45, 7) is 3.66. The number of carbonyl (C=O) groups excluding carboxylic acids is 2. The van der Waals surface area contributed by atoms with Gasteiger partial charge in [0, 0.05) is 10.0 Å². The number of nitrogens with one attached hydrogen (secondary N) is 2. The maximum Gasteiger partial charge on any atom is 0.354 e. The van der Waals surface area contributed by atoms with Gasteiger partial charge in [-0.2, -0.15) is 0 Å². The molecule has 0 aliphatic carbocycles. The summed E-state index contributed by atoms with van der Waals surface area (Å²) >= 11 is 12.0. The van der Waals surface area contributed by atoms with Gasteiger partial charge < -0.3 is 15.4 Å². The Hall–Kier alpha value is -1.72. The maximum atomic E-state index is 11.9. The molecule has 1 atom stereocenters. The first-order valence-corrected chi connectivity index (χ1v) is 7.10. The number of hydrogen-bond acceptors (Lipinski definition) is 3. The zero-order valence-corrected chi connectivity index (χ0v) is 13.0. The highest BCUT2D eigenvalue weighted by Crippen LogP contribution is 2.32. The van der Waals surface area contributed by atoms with Crippen LogP contribution in [0, 0.1) is 0 Å². The molecular formula is C14H14Cl2N2O3. The van der Waals surface area contributed by atoms with Gasteiger partial charge in [0.25, 0.3) is 0 Å². The number of amides is 2. The lowest BCUT2D eigenvalue weighted by Crippen LogP contribution is -2.45. The second-order valence-electron chi connectivity index (χ2n) is 4.48. The highest BCUT2D eigenvalue weighted by Gasteiger charge is 2.30. The topological polar surface area (TPSA) is 67.4 Å². The van der Waals surface area contributed by atoms with Crippen molar-refractivity contribution in [3.8, 4) is 0 Å². The molecule has 1 aromatic carbocycles. The second-order valence-corrected chi connectivity index (χ2v) is 5.32. The Morgan fingerprint density at radius 2 is 2.10 bits per heavy atom. The summed E-state index contributed by atoms with van der Waals surface area (Å²) in [5.74, 6) is -0.570. The highest BCUT2D eigenvalue weighted by atomic mass is 35.5. The number of ether oxygens (including phenoxy) is 1. The molecule has 1 heterocycles. The van der Waals surface area contributed by atoms with Crippen molar-refractivity contribution < 1.29 is 14.3 Å². The van der Waals surface area contributed by atoms with Crippen molar-refractivity contribution >= 4 is 35.2 Å². The first-order chi connectivity index (χ1) is 9.93. The lowest BCUT2D eigenvalue weighted by Gasteiger charge is -2.28. The van der Waals surface area contributed by atoms with Gasteiger partial charge in [-0.1, -0.05) is 29.3 Å². The average Bonchev–Trinajstić information content (AvgIpc) is 2.41.